The van der Waals surface area contributed by atoms with Gasteiger partial charge in [-0.25, -0.2) is 0 Å². The molecule has 70 valence electrons. The van der Waals surface area contributed by atoms with Crippen molar-refractivity contribution in [3.8, 4) is 0 Å². The Morgan fingerprint density at radius 2 is 2.08 bits per heavy atom. The smallest absolute Gasteiger partial charge is 0.0631 e. The van der Waals surface area contributed by atoms with E-state index in [2.05, 4.69) is 13.1 Å². The lowest BCUT2D eigenvalue weighted by atomic mass is 9.79. The maximum Gasteiger partial charge on any atom is 0.0631 e. The second kappa shape index (κ2) is 3.50. The van der Waals surface area contributed by atoms with Crippen LogP contribution in [0.25, 0.3) is 0 Å². The van der Waals surface area contributed by atoms with Crippen LogP contribution in [-0.2, 0) is 4.74 Å². The highest BCUT2D eigenvalue weighted by Gasteiger charge is 2.40. The third kappa shape index (κ3) is 1.74. The van der Waals surface area contributed by atoms with Crippen molar-refractivity contribution in [1.29, 1.82) is 0 Å². The summed E-state index contributed by atoms with van der Waals surface area (Å²) in [6.07, 6.45) is 6.99. The predicted molar refractivity (Wildman–Crippen MR) is 54.3 cm³/mol. The van der Waals surface area contributed by atoms with Gasteiger partial charge < -0.3 is 4.74 Å². The van der Waals surface area contributed by atoms with Crippen molar-refractivity contribution in [2.24, 2.45) is 5.92 Å². The van der Waals surface area contributed by atoms with Crippen LogP contribution in [0.1, 0.15) is 25.7 Å². The van der Waals surface area contributed by atoms with E-state index in [0.717, 1.165) is 5.92 Å². The van der Waals surface area contributed by atoms with Gasteiger partial charge >= 0.3 is 0 Å². The van der Waals surface area contributed by atoms with Gasteiger partial charge in [0.25, 0.3) is 0 Å². The second-order valence-electron chi connectivity index (χ2n) is 4.84. The van der Waals surface area contributed by atoms with Crippen molar-refractivity contribution in [3.05, 3.63) is 0 Å². The molecule has 3 aliphatic rings. The first-order valence-electron chi connectivity index (χ1n) is 5.41. The zero-order chi connectivity index (χ0) is 8.55. The van der Waals surface area contributed by atoms with E-state index < -0.39 is 0 Å². The van der Waals surface area contributed by atoms with Gasteiger partial charge in [0.2, 0.25) is 0 Å². The number of fused-ring (bicyclic) bond motifs is 2. The van der Waals surface area contributed by atoms with Crippen molar-refractivity contribution >= 4 is 8.80 Å². The van der Waals surface area contributed by atoms with Gasteiger partial charge in [-0.2, -0.15) is 0 Å². The number of hydrogen-bond donors (Lipinski definition) is 0. The van der Waals surface area contributed by atoms with Crippen LogP contribution < -0.4 is 0 Å². The Hall–Kier alpha value is 0.177. The van der Waals surface area contributed by atoms with Gasteiger partial charge in [0, 0.05) is 15.2 Å². The summed E-state index contributed by atoms with van der Waals surface area (Å²) in [5.41, 5.74) is 0. The molecular formula is C10H20OSi. The molecule has 12 heavy (non-hydrogen) atoms. The summed E-state index contributed by atoms with van der Waals surface area (Å²) in [6, 6.07) is 1.52. The molecule has 0 aromatic heterocycles. The molecule has 2 aliphatic heterocycles. The summed E-state index contributed by atoms with van der Waals surface area (Å²) in [6.45, 7) is 4.90. The van der Waals surface area contributed by atoms with Crippen LogP contribution in [0.2, 0.25) is 19.1 Å². The summed E-state index contributed by atoms with van der Waals surface area (Å²) in [5, 5.41) is 0. The van der Waals surface area contributed by atoms with E-state index in [9.17, 15) is 0 Å². The fourth-order valence-corrected chi connectivity index (χ4v) is 3.54. The normalized spacial score (nSPS) is 39.8. The Morgan fingerprint density at radius 1 is 1.33 bits per heavy atom. The third-order valence-corrected chi connectivity index (χ3v) is 4.85. The molecule has 1 aliphatic carbocycles. The molecule has 1 nitrogen and oxygen atoms in total. The van der Waals surface area contributed by atoms with Crippen molar-refractivity contribution in [2.75, 3.05) is 0 Å². The molecule has 1 saturated carbocycles. The molecule has 0 amide bonds. The lowest BCUT2D eigenvalue weighted by Crippen LogP contribution is -2.47. The molecule has 2 saturated heterocycles. The molecule has 0 N–H and O–H groups in total. The molecule has 3 rings (SSSR count). The standard InChI is InChI=1S/C10H20OSi/c1-12(2)6-5-8-3-4-9-7-10(8)11-9/h8-10,12H,3-7H2,1-2H3. The van der Waals surface area contributed by atoms with E-state index in [0.29, 0.717) is 12.2 Å². The minimum atomic E-state index is -0.307. The van der Waals surface area contributed by atoms with Crippen molar-refractivity contribution in [2.45, 2.75) is 57.0 Å². The Morgan fingerprint density at radius 3 is 2.58 bits per heavy atom. The maximum atomic E-state index is 5.74. The topological polar surface area (TPSA) is 9.23 Å². The SMILES string of the molecule is C[SiH](C)CCC1CCC2CC1O2. The molecule has 0 aromatic rings. The number of rotatable bonds is 3. The zero-order valence-corrected chi connectivity index (χ0v) is 9.41. The predicted octanol–water partition coefficient (Wildman–Crippen LogP) is 2.43. The lowest BCUT2D eigenvalue weighted by Gasteiger charge is -2.47. The second-order valence-corrected chi connectivity index (χ2v) is 8.21. The van der Waals surface area contributed by atoms with E-state index in [-0.39, 0.29) is 8.80 Å². The van der Waals surface area contributed by atoms with E-state index in [1.165, 1.54) is 31.7 Å². The summed E-state index contributed by atoms with van der Waals surface area (Å²) in [4.78, 5) is 0. The average Bonchev–Trinajstić information content (AvgIpc) is 2.00. The first-order chi connectivity index (χ1) is 5.75. The Bertz CT molecular complexity index is 149. The summed E-state index contributed by atoms with van der Waals surface area (Å²) >= 11 is 0. The van der Waals surface area contributed by atoms with Gasteiger partial charge in [0.1, 0.15) is 0 Å². The van der Waals surface area contributed by atoms with Crippen LogP contribution >= 0.6 is 0 Å². The molecule has 2 heterocycles. The van der Waals surface area contributed by atoms with Crippen LogP contribution in [0.15, 0.2) is 0 Å². The average molecular weight is 184 g/mol. The monoisotopic (exact) mass is 184 g/mol. The van der Waals surface area contributed by atoms with Crippen molar-refractivity contribution in [1.82, 2.24) is 0 Å². The first-order valence-corrected chi connectivity index (χ1v) is 8.53. The van der Waals surface area contributed by atoms with E-state index in [4.69, 9.17) is 4.74 Å². The minimum Gasteiger partial charge on any atom is -0.375 e. The maximum absolute atomic E-state index is 5.74. The van der Waals surface area contributed by atoms with Crippen molar-refractivity contribution < 1.29 is 4.74 Å². The molecule has 3 fully saturated rings. The molecule has 0 spiro atoms. The summed E-state index contributed by atoms with van der Waals surface area (Å²) in [5.74, 6) is 0.935. The molecular weight excluding hydrogens is 164 g/mol. The fraction of sp³-hybridized carbons (Fsp3) is 1.00. The highest BCUT2D eigenvalue weighted by Crippen LogP contribution is 2.40. The number of ether oxygens (including phenoxy) is 1. The Balaban J connectivity index is 1.72. The Kier molecular flexibility index (Phi) is 2.56. The Labute approximate surface area is 77.1 Å². The van der Waals surface area contributed by atoms with Gasteiger partial charge in [-0.3, -0.25) is 0 Å². The highest BCUT2D eigenvalue weighted by molar-refractivity contribution is 6.55. The van der Waals surface area contributed by atoms with Crippen LogP contribution in [0, 0.1) is 5.92 Å². The largest absolute Gasteiger partial charge is 0.375 e. The molecule has 2 bridgehead atoms. The van der Waals surface area contributed by atoms with E-state index in [1.807, 2.05) is 0 Å². The fourth-order valence-electron chi connectivity index (χ4n) is 2.45. The van der Waals surface area contributed by atoms with Crippen LogP contribution in [0.5, 0.6) is 0 Å². The van der Waals surface area contributed by atoms with E-state index in [1.54, 1.807) is 0 Å². The molecule has 3 unspecified atom stereocenters. The van der Waals surface area contributed by atoms with Crippen LogP contribution in [0.4, 0.5) is 0 Å². The van der Waals surface area contributed by atoms with Crippen molar-refractivity contribution in [3.63, 3.8) is 0 Å². The van der Waals surface area contributed by atoms with Gasteiger partial charge in [-0.1, -0.05) is 25.6 Å². The highest BCUT2D eigenvalue weighted by atomic mass is 28.3. The quantitative estimate of drug-likeness (QED) is 0.612. The summed E-state index contributed by atoms with van der Waals surface area (Å²) < 4.78 is 5.74. The minimum absolute atomic E-state index is 0.307. The van der Waals surface area contributed by atoms with Gasteiger partial charge in [-0.15, -0.1) is 0 Å². The first kappa shape index (κ1) is 8.76. The van der Waals surface area contributed by atoms with Gasteiger partial charge in [-0.05, 0) is 18.8 Å². The van der Waals surface area contributed by atoms with Crippen LogP contribution in [-0.4, -0.2) is 21.0 Å². The molecule has 2 heteroatoms. The van der Waals surface area contributed by atoms with Crippen LogP contribution in [0.3, 0.4) is 0 Å². The molecule has 0 radical (unpaired) electrons. The lowest BCUT2D eigenvalue weighted by molar-refractivity contribution is -0.185. The summed E-state index contributed by atoms with van der Waals surface area (Å²) in [7, 11) is -0.307. The van der Waals surface area contributed by atoms with E-state index >= 15 is 0 Å². The van der Waals surface area contributed by atoms with Gasteiger partial charge in [0.05, 0.1) is 12.2 Å². The van der Waals surface area contributed by atoms with Gasteiger partial charge in [0.15, 0.2) is 0 Å². The third-order valence-electron chi connectivity index (χ3n) is 3.36. The zero-order valence-electron chi connectivity index (χ0n) is 8.25. The molecule has 3 atom stereocenters. The number of hydrogen-bond acceptors (Lipinski definition) is 1. The molecule has 0 aromatic carbocycles.